The van der Waals surface area contributed by atoms with Crippen LogP contribution in [0.15, 0.2) is 99.6 Å². The molecule has 0 atom stereocenters. The lowest BCUT2D eigenvalue weighted by Gasteiger charge is -2.35. The molecule has 0 radical (unpaired) electrons. The fourth-order valence-electron chi connectivity index (χ4n) is 3.97. The molecule has 3 rings (SSSR count). The molecule has 0 heterocycles. The van der Waals surface area contributed by atoms with Crippen molar-refractivity contribution in [2.45, 2.75) is 73.5 Å². The lowest BCUT2D eigenvalue weighted by molar-refractivity contribution is 0.385. The van der Waals surface area contributed by atoms with Gasteiger partial charge < -0.3 is 0 Å². The van der Waals surface area contributed by atoms with Gasteiger partial charge in [0, 0.05) is 0 Å². The summed E-state index contributed by atoms with van der Waals surface area (Å²) >= 11 is 0. The molecule has 0 bridgehead atoms. The van der Waals surface area contributed by atoms with Crippen molar-refractivity contribution in [3.63, 3.8) is 0 Å². The van der Waals surface area contributed by atoms with Gasteiger partial charge in [-0.1, -0.05) is 94.5 Å². The van der Waals surface area contributed by atoms with Crippen LogP contribution in [0, 0.1) is 0 Å². The molecule has 0 saturated carbocycles. The Labute approximate surface area is 201 Å². The fourth-order valence-corrected chi connectivity index (χ4v) is 9.68. The van der Waals surface area contributed by atoms with E-state index < -0.39 is 20.4 Å². The van der Waals surface area contributed by atoms with Crippen LogP contribution in [0.5, 0.6) is 0 Å². The zero-order valence-corrected chi connectivity index (χ0v) is 21.5. The Balaban J connectivity index is 2.02. The topological polar surface area (TPSA) is 46.9 Å². The van der Waals surface area contributed by atoms with Gasteiger partial charge in [0.1, 0.15) is 5.75 Å². The van der Waals surface area contributed by atoms with E-state index in [0.717, 1.165) is 33.9 Å². The summed E-state index contributed by atoms with van der Waals surface area (Å²) in [5.74, 6) is 0.0978. The molecule has 0 unspecified atom stereocenters. The first kappa shape index (κ1) is 25.5. The Hall–Kier alpha value is -2.08. The van der Waals surface area contributed by atoms with Crippen molar-refractivity contribution in [3.05, 3.63) is 90.5 Å². The maximum atomic E-state index is 13.4. The van der Waals surface area contributed by atoms with Crippen molar-refractivity contribution < 1.29 is 12.0 Å². The summed E-state index contributed by atoms with van der Waals surface area (Å²) < 4.78 is 31.7. The van der Waals surface area contributed by atoms with E-state index in [-0.39, 0.29) is 5.75 Å². The van der Waals surface area contributed by atoms with Crippen molar-refractivity contribution in [2.75, 3.05) is 5.75 Å². The molecular formula is C28H37O3S2+. The summed E-state index contributed by atoms with van der Waals surface area (Å²) in [5, 5.41) is 0. The van der Waals surface area contributed by atoms with Crippen LogP contribution in [0.1, 0.15) is 57.9 Å². The molecule has 0 saturated heterocycles. The van der Waals surface area contributed by atoms with Gasteiger partial charge in [0.25, 0.3) is 0 Å². The largest absolute Gasteiger partial charge is 0.390 e. The van der Waals surface area contributed by atoms with Crippen LogP contribution in [0.3, 0.4) is 0 Å². The third-order valence-corrected chi connectivity index (χ3v) is 11.3. The monoisotopic (exact) mass is 485 g/mol. The second kappa shape index (κ2) is 12.4. The number of hydrogen-bond donors (Lipinski definition) is 0. The van der Waals surface area contributed by atoms with E-state index in [1.54, 1.807) is 0 Å². The minimum atomic E-state index is -3.63. The molecule has 1 N–H and O–H groups in total. The number of hydrogen-bond acceptors (Lipinski definition) is 2. The van der Waals surface area contributed by atoms with Gasteiger partial charge in [-0.05, 0) is 54.8 Å². The highest BCUT2D eigenvalue weighted by atomic mass is 32.3. The molecule has 0 amide bonds. The molecule has 5 heteroatoms. The number of benzene rings is 3. The van der Waals surface area contributed by atoms with E-state index in [1.807, 2.05) is 60.7 Å². The average molecular weight is 486 g/mol. The SMILES string of the molecule is CCCCCCCCS(=O)(=O)[OH+]S(c1ccccc1)(c1ccccc1)c1ccc(CC)cc1. The highest BCUT2D eigenvalue weighted by molar-refractivity contribution is 8.32. The predicted molar refractivity (Wildman–Crippen MR) is 141 cm³/mol. The molecule has 0 aromatic heterocycles. The Morgan fingerprint density at radius 3 is 1.61 bits per heavy atom. The minimum Gasteiger partial charge on any atom is -0.262 e. The summed E-state index contributed by atoms with van der Waals surface area (Å²) in [6.45, 7) is 4.31. The van der Waals surface area contributed by atoms with Gasteiger partial charge in [-0.3, -0.25) is 3.63 Å². The Morgan fingerprint density at radius 1 is 0.606 bits per heavy atom. The first-order chi connectivity index (χ1) is 16.0. The maximum Gasteiger partial charge on any atom is 0.390 e. The van der Waals surface area contributed by atoms with Crippen molar-refractivity contribution in [1.29, 1.82) is 0 Å². The highest BCUT2D eigenvalue weighted by Gasteiger charge is 2.42. The van der Waals surface area contributed by atoms with Gasteiger partial charge in [-0.2, -0.15) is 8.42 Å². The molecule has 0 aliphatic carbocycles. The standard InChI is InChI=1S/C28H36O3S2/c1-3-5-6-7-8-15-24-32(29,30)31-33(26-16-11-9-12-17-26,27-18-13-10-14-19-27)28-22-20-25(4-2)21-23-28/h9-14,16-23H,3-8,15,24H2,1-2H3/p+1. The fraction of sp³-hybridized carbons (Fsp3) is 0.357. The Bertz CT molecular complexity index is 1020. The normalized spacial score (nSPS) is 12.5. The van der Waals surface area contributed by atoms with Gasteiger partial charge in [0.2, 0.25) is 0 Å². The van der Waals surface area contributed by atoms with Crippen LogP contribution in [-0.2, 0) is 16.5 Å². The van der Waals surface area contributed by atoms with Crippen LogP contribution in [0.2, 0.25) is 0 Å². The van der Waals surface area contributed by atoms with E-state index in [1.165, 1.54) is 24.8 Å². The molecule has 0 aliphatic heterocycles. The maximum absolute atomic E-state index is 13.4. The van der Waals surface area contributed by atoms with Crippen LogP contribution >= 0.6 is 10.3 Å². The Morgan fingerprint density at radius 2 is 1.09 bits per heavy atom. The first-order valence-corrected chi connectivity index (χ1v) is 15.2. The number of aryl methyl sites for hydroxylation is 1. The summed E-state index contributed by atoms with van der Waals surface area (Å²) in [6, 6.07) is 28.2. The van der Waals surface area contributed by atoms with Gasteiger partial charge in [0.05, 0.1) is 25.0 Å². The molecule has 0 spiro atoms. The third-order valence-electron chi connectivity index (χ3n) is 5.82. The van der Waals surface area contributed by atoms with Crippen LogP contribution in [-0.4, -0.2) is 17.8 Å². The van der Waals surface area contributed by atoms with E-state index in [2.05, 4.69) is 38.1 Å². The van der Waals surface area contributed by atoms with Gasteiger partial charge in [-0.25, -0.2) is 0 Å². The van der Waals surface area contributed by atoms with Crippen LogP contribution < -0.4 is 0 Å². The zero-order valence-electron chi connectivity index (χ0n) is 19.8. The average Bonchev–Trinajstić information content (AvgIpc) is 2.86. The van der Waals surface area contributed by atoms with Crippen molar-refractivity contribution in [1.82, 2.24) is 0 Å². The third kappa shape index (κ3) is 6.72. The number of rotatable bonds is 13. The predicted octanol–water partition coefficient (Wildman–Crippen LogP) is 8.23. The number of unbranched alkanes of at least 4 members (excludes halogenated alkanes) is 5. The lowest BCUT2D eigenvalue weighted by atomic mass is 10.1. The molecule has 0 fully saturated rings. The quantitative estimate of drug-likeness (QED) is 0.139. The van der Waals surface area contributed by atoms with E-state index in [9.17, 15) is 8.42 Å². The van der Waals surface area contributed by atoms with Crippen molar-refractivity contribution in [2.24, 2.45) is 0 Å². The molecule has 3 aromatic carbocycles. The second-order valence-corrected chi connectivity index (χ2v) is 13.1. The van der Waals surface area contributed by atoms with Gasteiger partial charge in [0.15, 0.2) is 0 Å². The molecule has 0 aliphatic rings. The van der Waals surface area contributed by atoms with E-state index >= 15 is 0 Å². The zero-order chi connectivity index (χ0) is 23.6. The Kier molecular flexibility index (Phi) is 9.60. The van der Waals surface area contributed by atoms with E-state index in [0.29, 0.717) is 6.42 Å². The molecule has 3 aromatic rings. The summed E-state index contributed by atoms with van der Waals surface area (Å²) in [7, 11) is -5.96. The summed E-state index contributed by atoms with van der Waals surface area (Å²) in [5.41, 5.74) is 1.23. The molecule has 178 valence electrons. The van der Waals surface area contributed by atoms with Gasteiger partial charge in [-0.15, -0.1) is 0 Å². The second-order valence-electron chi connectivity index (χ2n) is 8.33. The molecular weight excluding hydrogens is 448 g/mol. The smallest absolute Gasteiger partial charge is 0.262 e. The van der Waals surface area contributed by atoms with Crippen LogP contribution in [0.4, 0.5) is 0 Å². The minimum absolute atomic E-state index is 0.0978. The summed E-state index contributed by atoms with van der Waals surface area (Å²) in [4.78, 5) is 2.82. The van der Waals surface area contributed by atoms with Crippen molar-refractivity contribution >= 4 is 20.4 Å². The van der Waals surface area contributed by atoms with Gasteiger partial charge >= 0.3 is 10.1 Å². The highest BCUT2D eigenvalue weighted by Crippen LogP contribution is 2.68. The summed E-state index contributed by atoms with van der Waals surface area (Å²) in [6.07, 6.45) is 7.16. The molecule has 33 heavy (non-hydrogen) atoms. The van der Waals surface area contributed by atoms with Crippen molar-refractivity contribution in [3.8, 4) is 0 Å². The first-order valence-electron chi connectivity index (χ1n) is 12.0. The molecule has 3 nitrogen and oxygen atoms in total. The van der Waals surface area contributed by atoms with Crippen LogP contribution in [0.25, 0.3) is 0 Å². The lowest BCUT2D eigenvalue weighted by Crippen LogP contribution is -2.21. The van der Waals surface area contributed by atoms with E-state index in [4.69, 9.17) is 3.63 Å².